The Balaban J connectivity index is 0.887. The van der Waals surface area contributed by atoms with E-state index in [-0.39, 0.29) is 17.7 Å². The van der Waals surface area contributed by atoms with Crippen LogP contribution in [0, 0.1) is 0 Å². The van der Waals surface area contributed by atoms with E-state index in [1.807, 2.05) is 0 Å². The number of carbonyl (C=O) groups excluding carboxylic acids is 3. The number of amides is 3. The fourth-order valence-electron chi connectivity index (χ4n) is 9.31. The number of hydrogen-bond donors (Lipinski definition) is 4. The van der Waals surface area contributed by atoms with Gasteiger partial charge in [-0.05, 0) is 131 Å². The van der Waals surface area contributed by atoms with Gasteiger partial charge in [0.1, 0.15) is 19.1 Å². The number of pyridine rings is 2. The van der Waals surface area contributed by atoms with Gasteiger partial charge in [-0.1, -0.05) is 0 Å². The van der Waals surface area contributed by atoms with Crippen molar-refractivity contribution in [3.63, 3.8) is 0 Å². The van der Waals surface area contributed by atoms with Crippen molar-refractivity contribution < 1.29 is 23.5 Å². The average Bonchev–Trinajstić information content (AvgIpc) is 3.34. The molecule has 0 spiro atoms. The highest BCUT2D eigenvalue weighted by atomic mass is 16.2. The SMILES string of the molecule is CN(C)c1ccc2cc3ccc(N(C)C)cc3[n+](CCCCCC(=O)NCCCCCNC(=O)C(CCCCN)NC(=O)CCCCC[n+]3c4cc(N(C)C)ccc4cc4ccc(N(C)C)cc43)c2c1. The van der Waals surface area contributed by atoms with Crippen LogP contribution in [0.15, 0.2) is 84.9 Å². The Morgan fingerprint density at radius 2 is 0.843 bits per heavy atom. The van der Waals surface area contributed by atoms with E-state index in [1.54, 1.807) is 0 Å². The molecule has 0 aliphatic heterocycles. The first-order valence-corrected chi connectivity index (χ1v) is 25.8. The monoisotopic (exact) mass is 955 g/mol. The summed E-state index contributed by atoms with van der Waals surface area (Å²) in [6.07, 6.45) is 10.9. The van der Waals surface area contributed by atoms with Gasteiger partial charge in [0.2, 0.25) is 39.8 Å². The molecule has 1 atom stereocenters. The molecule has 70 heavy (non-hydrogen) atoms. The van der Waals surface area contributed by atoms with Crippen LogP contribution in [0.4, 0.5) is 22.7 Å². The molecule has 0 radical (unpaired) electrons. The van der Waals surface area contributed by atoms with E-state index in [2.05, 4.69) is 186 Å². The van der Waals surface area contributed by atoms with Crippen molar-refractivity contribution in [2.75, 3.05) is 95.6 Å². The molecule has 0 saturated carbocycles. The van der Waals surface area contributed by atoms with E-state index in [0.29, 0.717) is 38.9 Å². The predicted molar refractivity (Wildman–Crippen MR) is 292 cm³/mol. The number of nitrogens with zero attached hydrogens (tertiary/aromatic N) is 6. The second-order valence-electron chi connectivity index (χ2n) is 19.9. The first-order chi connectivity index (χ1) is 33.7. The zero-order valence-electron chi connectivity index (χ0n) is 43.6. The van der Waals surface area contributed by atoms with Crippen molar-refractivity contribution >= 4 is 84.1 Å². The van der Waals surface area contributed by atoms with Crippen molar-refractivity contribution in [3.8, 4) is 0 Å². The van der Waals surface area contributed by atoms with Crippen LogP contribution in [-0.2, 0) is 27.5 Å². The van der Waals surface area contributed by atoms with Gasteiger partial charge in [0.25, 0.3) is 0 Å². The normalized spacial score (nSPS) is 11.8. The number of aromatic nitrogens is 2. The number of unbranched alkanes of at least 4 members (excludes halogenated alkanes) is 7. The third-order valence-corrected chi connectivity index (χ3v) is 13.6. The Morgan fingerprint density at radius 1 is 0.457 bits per heavy atom. The number of nitrogens with two attached hydrogens (primary N) is 1. The standard InChI is InChI=1S/C57H80N10O3/c1-62(2)46-27-23-42-36-43-24-28-47(63(3)4)39-52(43)66(51(42)38-46)34-18-9-12-21-55(68)59-32-16-11-17-33-60-57(70)50(20-14-15-31-58)61-56(69)22-13-10-19-35-67-53-40-48(64(5)6)29-25-44(53)37-45-26-30-49(65(7)8)41-54(45)67/h23-30,36-41,50H,9-22,31-35,58H2,1-8H3,(H-2,59,60,61,68,69,70)/p+2. The predicted octanol–water partition coefficient (Wildman–Crippen LogP) is 7.98. The van der Waals surface area contributed by atoms with Gasteiger partial charge >= 0.3 is 0 Å². The Morgan fingerprint density at radius 3 is 1.24 bits per heavy atom. The number of rotatable bonds is 28. The Kier molecular flexibility index (Phi) is 19.8. The number of nitrogens with one attached hydrogen (secondary N) is 3. The van der Waals surface area contributed by atoms with Crippen molar-refractivity contribution in [3.05, 3.63) is 84.9 Å². The molecular formula is C57H82N10O3+2. The molecule has 6 aromatic rings. The van der Waals surface area contributed by atoms with Gasteiger partial charge in [-0.15, -0.1) is 0 Å². The zero-order chi connectivity index (χ0) is 50.2. The van der Waals surface area contributed by atoms with Crippen LogP contribution in [0.25, 0.3) is 43.6 Å². The van der Waals surface area contributed by atoms with Crippen LogP contribution in [0.1, 0.15) is 89.9 Å². The van der Waals surface area contributed by atoms with Crippen LogP contribution in [0.5, 0.6) is 0 Å². The summed E-state index contributed by atoms with van der Waals surface area (Å²) < 4.78 is 4.88. The van der Waals surface area contributed by atoms with E-state index in [0.717, 1.165) is 95.1 Å². The summed E-state index contributed by atoms with van der Waals surface area (Å²) in [6.45, 7) is 3.41. The molecule has 13 nitrogen and oxygen atoms in total. The van der Waals surface area contributed by atoms with E-state index in [4.69, 9.17) is 5.73 Å². The summed E-state index contributed by atoms with van der Waals surface area (Å²) in [5.74, 6) is -0.141. The van der Waals surface area contributed by atoms with Crippen LogP contribution in [-0.4, -0.2) is 99.8 Å². The molecule has 13 heteroatoms. The van der Waals surface area contributed by atoms with E-state index in [1.165, 1.54) is 55.0 Å². The molecule has 2 aromatic heterocycles. The summed E-state index contributed by atoms with van der Waals surface area (Å²) >= 11 is 0. The highest BCUT2D eigenvalue weighted by Crippen LogP contribution is 2.27. The molecule has 0 bridgehead atoms. The molecule has 3 amide bonds. The van der Waals surface area contributed by atoms with E-state index in [9.17, 15) is 14.4 Å². The van der Waals surface area contributed by atoms with Crippen LogP contribution < -0.4 is 50.4 Å². The highest BCUT2D eigenvalue weighted by Gasteiger charge is 2.22. The third-order valence-electron chi connectivity index (χ3n) is 13.6. The molecule has 0 aliphatic rings. The average molecular weight is 955 g/mol. The summed E-state index contributed by atoms with van der Waals surface area (Å²) in [4.78, 5) is 47.8. The first-order valence-electron chi connectivity index (χ1n) is 25.8. The maximum absolute atomic E-state index is 13.3. The molecular weight excluding hydrogens is 873 g/mol. The lowest BCUT2D eigenvalue weighted by Gasteiger charge is -2.18. The number of aryl methyl sites for hydroxylation is 2. The Labute approximate surface area is 417 Å². The number of carbonyl (C=O) groups is 3. The molecule has 5 N–H and O–H groups in total. The van der Waals surface area contributed by atoms with Crippen molar-refractivity contribution in [2.45, 2.75) is 109 Å². The minimum atomic E-state index is -0.579. The third kappa shape index (κ3) is 14.7. The quantitative estimate of drug-likeness (QED) is 0.0221. The van der Waals surface area contributed by atoms with E-state index >= 15 is 0 Å². The van der Waals surface area contributed by atoms with E-state index < -0.39 is 6.04 Å². The molecule has 4 aromatic carbocycles. The summed E-state index contributed by atoms with van der Waals surface area (Å²) in [7, 11) is 16.6. The van der Waals surface area contributed by atoms with Crippen LogP contribution >= 0.6 is 0 Å². The van der Waals surface area contributed by atoms with Crippen molar-refractivity contribution in [1.82, 2.24) is 16.0 Å². The molecule has 6 rings (SSSR count). The molecule has 2 heterocycles. The number of benzene rings is 4. The summed E-state index contributed by atoms with van der Waals surface area (Å²) in [5, 5.41) is 14.1. The first kappa shape index (κ1) is 53.1. The molecule has 0 saturated heterocycles. The van der Waals surface area contributed by atoms with Gasteiger partial charge in [0.15, 0.2) is 0 Å². The minimum absolute atomic E-state index is 0.0899. The Bertz CT molecular complexity index is 2570. The van der Waals surface area contributed by atoms with Crippen molar-refractivity contribution in [2.24, 2.45) is 5.73 Å². The summed E-state index contributed by atoms with van der Waals surface area (Å²) in [5.41, 5.74) is 15.3. The largest absolute Gasteiger partial charge is 0.377 e. The minimum Gasteiger partial charge on any atom is -0.377 e. The second kappa shape index (κ2) is 26.1. The van der Waals surface area contributed by atoms with Crippen LogP contribution in [0.3, 0.4) is 0 Å². The molecule has 1 unspecified atom stereocenters. The fourth-order valence-corrected chi connectivity index (χ4v) is 9.31. The molecule has 0 fully saturated rings. The number of fused-ring (bicyclic) bond motifs is 4. The fraction of sp³-hybridized carbons (Fsp3) is 0.491. The maximum atomic E-state index is 13.3. The van der Waals surface area contributed by atoms with Gasteiger partial charge in [-0.3, -0.25) is 14.4 Å². The number of hydrogen-bond acceptors (Lipinski definition) is 8. The van der Waals surface area contributed by atoms with Gasteiger partial charge in [-0.2, -0.15) is 9.13 Å². The van der Waals surface area contributed by atoms with Gasteiger partial charge in [0, 0.05) is 164 Å². The molecule has 0 aliphatic carbocycles. The zero-order valence-corrected chi connectivity index (χ0v) is 43.6. The summed E-state index contributed by atoms with van der Waals surface area (Å²) in [6, 6.07) is 30.6. The van der Waals surface area contributed by atoms with Gasteiger partial charge < -0.3 is 41.3 Å². The second-order valence-corrected chi connectivity index (χ2v) is 19.9. The van der Waals surface area contributed by atoms with Crippen molar-refractivity contribution in [1.29, 1.82) is 0 Å². The number of anilines is 4. The lowest BCUT2D eigenvalue weighted by Crippen LogP contribution is -2.47. The smallest absolute Gasteiger partial charge is 0.242 e. The topological polar surface area (TPSA) is 134 Å². The molecule has 376 valence electrons. The Hall–Kier alpha value is -6.21. The lowest BCUT2D eigenvalue weighted by atomic mass is 10.1. The highest BCUT2D eigenvalue weighted by molar-refractivity contribution is 5.93. The van der Waals surface area contributed by atoms with Gasteiger partial charge in [-0.25, -0.2) is 0 Å². The lowest BCUT2D eigenvalue weighted by molar-refractivity contribution is -0.646. The van der Waals surface area contributed by atoms with Gasteiger partial charge in [0.05, 0.1) is 0 Å². The van der Waals surface area contributed by atoms with Crippen LogP contribution in [0.2, 0.25) is 0 Å². The maximum Gasteiger partial charge on any atom is 0.242 e.